The van der Waals surface area contributed by atoms with Crippen LogP contribution in [0.15, 0.2) is 18.2 Å². The summed E-state index contributed by atoms with van der Waals surface area (Å²) >= 11 is 11.9. The van der Waals surface area contributed by atoms with Crippen molar-refractivity contribution in [3.8, 4) is 5.75 Å². The smallest absolute Gasteiger partial charge is 0.269 e. The summed E-state index contributed by atoms with van der Waals surface area (Å²) in [5, 5.41) is 10.7. The van der Waals surface area contributed by atoms with Crippen LogP contribution in [-0.4, -0.2) is 16.4 Å². The topological polar surface area (TPSA) is 52.4 Å². The molecule has 1 atom stereocenters. The fraction of sp³-hybridized carbons (Fsp3) is 0.400. The van der Waals surface area contributed by atoms with Gasteiger partial charge in [-0.1, -0.05) is 0 Å². The van der Waals surface area contributed by atoms with Gasteiger partial charge in [0.1, 0.15) is 10.1 Å². The summed E-state index contributed by atoms with van der Waals surface area (Å²) in [5.74, 6) is 0.490. The van der Waals surface area contributed by atoms with Crippen LogP contribution < -0.4 is 4.74 Å². The summed E-state index contributed by atoms with van der Waals surface area (Å²) in [6.07, 6.45) is 0.591. The first-order valence-electron chi connectivity index (χ1n) is 4.66. The number of hydrogen-bond acceptors (Lipinski definition) is 3. The van der Waals surface area contributed by atoms with E-state index in [2.05, 4.69) is 0 Å². The molecule has 6 heteroatoms. The summed E-state index contributed by atoms with van der Waals surface area (Å²) in [6, 6.07) is 4.43. The van der Waals surface area contributed by atoms with E-state index in [1.54, 1.807) is 6.07 Å². The lowest BCUT2D eigenvalue weighted by atomic mass is 10.1. The molecule has 0 aliphatic heterocycles. The highest BCUT2D eigenvalue weighted by Crippen LogP contribution is 2.61. The highest BCUT2D eigenvalue weighted by atomic mass is 35.5. The standard InChI is InChI=1S/C10H9Cl2NO3/c1-16-9-3-2-6(13(14)15)4-7(9)8-5-10(8,11)12/h2-4,8H,5H2,1H3. The van der Waals surface area contributed by atoms with Crippen molar-refractivity contribution < 1.29 is 9.66 Å². The van der Waals surface area contributed by atoms with Crippen molar-refractivity contribution in [2.75, 3.05) is 7.11 Å². The molecule has 0 bridgehead atoms. The molecular weight excluding hydrogens is 253 g/mol. The van der Waals surface area contributed by atoms with Gasteiger partial charge in [-0.2, -0.15) is 0 Å². The summed E-state index contributed by atoms with van der Waals surface area (Å²) in [4.78, 5) is 10.2. The van der Waals surface area contributed by atoms with E-state index in [9.17, 15) is 10.1 Å². The lowest BCUT2D eigenvalue weighted by molar-refractivity contribution is -0.384. The number of methoxy groups -OCH3 is 1. The number of non-ortho nitro benzene ring substituents is 1. The number of nitro groups is 1. The van der Waals surface area contributed by atoms with Gasteiger partial charge >= 0.3 is 0 Å². The van der Waals surface area contributed by atoms with Crippen LogP contribution in [0, 0.1) is 10.1 Å². The highest BCUT2D eigenvalue weighted by molar-refractivity contribution is 6.51. The predicted molar refractivity (Wildman–Crippen MR) is 61.4 cm³/mol. The first kappa shape index (κ1) is 11.5. The average molecular weight is 262 g/mol. The Labute approximate surface area is 102 Å². The maximum Gasteiger partial charge on any atom is 0.269 e. The van der Waals surface area contributed by atoms with E-state index in [1.165, 1.54) is 19.2 Å². The van der Waals surface area contributed by atoms with Gasteiger partial charge in [-0.3, -0.25) is 10.1 Å². The van der Waals surface area contributed by atoms with Crippen molar-refractivity contribution in [1.82, 2.24) is 0 Å². The summed E-state index contributed by atoms with van der Waals surface area (Å²) in [7, 11) is 1.51. The number of hydrogen-bond donors (Lipinski definition) is 0. The molecule has 1 aromatic rings. The lowest BCUT2D eigenvalue weighted by Crippen LogP contribution is -1.97. The molecule has 86 valence electrons. The zero-order valence-electron chi connectivity index (χ0n) is 8.44. The SMILES string of the molecule is COc1ccc([N+](=O)[O-])cc1C1CC1(Cl)Cl. The summed E-state index contributed by atoms with van der Waals surface area (Å²) in [5.41, 5.74) is 0.716. The molecule has 1 aromatic carbocycles. The minimum absolute atomic E-state index is 0.0202. The van der Waals surface area contributed by atoms with Crippen LogP contribution in [0.1, 0.15) is 17.9 Å². The third-order valence-corrected chi connectivity index (χ3v) is 3.46. The van der Waals surface area contributed by atoms with Crippen LogP contribution in [0.5, 0.6) is 5.75 Å². The maximum atomic E-state index is 10.7. The molecule has 0 spiro atoms. The molecule has 2 rings (SSSR count). The highest BCUT2D eigenvalue weighted by Gasteiger charge is 2.53. The molecule has 1 fully saturated rings. The molecule has 4 nitrogen and oxygen atoms in total. The minimum atomic E-state index is -0.817. The van der Waals surface area contributed by atoms with E-state index in [1.807, 2.05) is 0 Å². The number of benzene rings is 1. The normalized spacial score (nSPS) is 21.6. The van der Waals surface area contributed by atoms with E-state index >= 15 is 0 Å². The van der Waals surface area contributed by atoms with Crippen LogP contribution >= 0.6 is 23.2 Å². The van der Waals surface area contributed by atoms with Crippen molar-refractivity contribution in [2.45, 2.75) is 16.7 Å². The van der Waals surface area contributed by atoms with Crippen molar-refractivity contribution in [3.05, 3.63) is 33.9 Å². The lowest BCUT2D eigenvalue weighted by Gasteiger charge is -2.07. The second-order valence-electron chi connectivity index (χ2n) is 3.70. The van der Waals surface area contributed by atoms with E-state index in [4.69, 9.17) is 27.9 Å². The Morgan fingerprint density at radius 1 is 1.56 bits per heavy atom. The van der Waals surface area contributed by atoms with Crippen LogP contribution in [0.25, 0.3) is 0 Å². The fourth-order valence-corrected chi connectivity index (χ4v) is 2.20. The molecule has 0 amide bonds. The molecule has 0 radical (unpaired) electrons. The molecule has 0 saturated heterocycles. The molecule has 1 aliphatic rings. The monoisotopic (exact) mass is 261 g/mol. The number of halogens is 2. The van der Waals surface area contributed by atoms with Crippen LogP contribution in [0.3, 0.4) is 0 Å². The summed E-state index contributed by atoms with van der Waals surface area (Å²) in [6.45, 7) is 0. The molecule has 0 aromatic heterocycles. The van der Waals surface area contributed by atoms with Gasteiger partial charge in [-0.25, -0.2) is 0 Å². The Morgan fingerprint density at radius 2 is 2.19 bits per heavy atom. The maximum absolute atomic E-state index is 10.7. The molecule has 1 saturated carbocycles. The Kier molecular flexibility index (Phi) is 2.72. The van der Waals surface area contributed by atoms with Gasteiger partial charge in [0.2, 0.25) is 0 Å². The predicted octanol–water partition coefficient (Wildman–Crippen LogP) is 3.26. The van der Waals surface area contributed by atoms with E-state index in [0.29, 0.717) is 17.7 Å². The Balaban J connectivity index is 2.41. The number of rotatable bonds is 3. The van der Waals surface area contributed by atoms with Crippen LogP contribution in [0.2, 0.25) is 0 Å². The van der Waals surface area contributed by atoms with Crippen molar-refractivity contribution >= 4 is 28.9 Å². The number of nitro benzene ring substituents is 1. The quantitative estimate of drug-likeness (QED) is 0.477. The minimum Gasteiger partial charge on any atom is -0.496 e. The molecule has 1 unspecified atom stereocenters. The first-order valence-corrected chi connectivity index (χ1v) is 5.41. The fourth-order valence-electron chi connectivity index (χ4n) is 1.66. The van der Waals surface area contributed by atoms with Gasteiger partial charge in [0.25, 0.3) is 5.69 Å². The average Bonchev–Trinajstić information content (AvgIpc) is 2.86. The zero-order chi connectivity index (χ0) is 11.9. The largest absolute Gasteiger partial charge is 0.496 e. The van der Waals surface area contributed by atoms with Crippen LogP contribution in [-0.2, 0) is 0 Å². The molecular formula is C10H9Cl2NO3. The number of nitrogens with zero attached hydrogens (tertiary/aromatic N) is 1. The van der Waals surface area contributed by atoms with E-state index in [0.717, 1.165) is 0 Å². The third kappa shape index (κ3) is 1.95. The van der Waals surface area contributed by atoms with Crippen LogP contribution in [0.4, 0.5) is 5.69 Å². The second kappa shape index (κ2) is 3.79. The van der Waals surface area contributed by atoms with Crippen molar-refractivity contribution in [1.29, 1.82) is 0 Å². The molecule has 0 heterocycles. The molecule has 16 heavy (non-hydrogen) atoms. The van der Waals surface area contributed by atoms with Gasteiger partial charge in [0, 0.05) is 23.6 Å². The summed E-state index contributed by atoms with van der Waals surface area (Å²) < 4.78 is 4.32. The van der Waals surface area contributed by atoms with Gasteiger partial charge in [0.05, 0.1) is 12.0 Å². The van der Waals surface area contributed by atoms with Gasteiger partial charge in [-0.15, -0.1) is 23.2 Å². The number of alkyl halides is 2. The first-order chi connectivity index (χ1) is 7.45. The van der Waals surface area contributed by atoms with Gasteiger partial charge in [0.15, 0.2) is 0 Å². The Bertz CT molecular complexity index is 448. The van der Waals surface area contributed by atoms with E-state index < -0.39 is 9.26 Å². The third-order valence-electron chi connectivity index (χ3n) is 2.63. The number of ether oxygens (including phenoxy) is 1. The molecule has 1 aliphatic carbocycles. The van der Waals surface area contributed by atoms with Crippen molar-refractivity contribution in [2.24, 2.45) is 0 Å². The van der Waals surface area contributed by atoms with E-state index in [-0.39, 0.29) is 11.6 Å². The van der Waals surface area contributed by atoms with Gasteiger partial charge < -0.3 is 4.74 Å². The zero-order valence-corrected chi connectivity index (χ0v) is 9.96. The second-order valence-corrected chi connectivity index (χ2v) is 5.24. The Hall–Kier alpha value is -1.00. The Morgan fingerprint density at radius 3 is 2.62 bits per heavy atom. The van der Waals surface area contributed by atoms with Crippen molar-refractivity contribution in [3.63, 3.8) is 0 Å². The molecule has 0 N–H and O–H groups in total. The van der Waals surface area contributed by atoms with Gasteiger partial charge in [-0.05, 0) is 12.5 Å².